The molecule has 0 aromatic heterocycles. The highest BCUT2D eigenvalue weighted by atomic mass is 35.5. The molecule has 2 rings (SSSR count). The standard InChI is InChI=1S/C21H24ClNO2/c1-20(2,3)25-19(24)21(4,14-16-8-6-5-7-9-16)23-15-17-10-12-18(22)13-11-17/h5-13,15H,14H2,1-4H3/t21-/m0/s1. The second-order valence-corrected chi connectivity index (χ2v) is 7.68. The molecule has 0 bridgehead atoms. The third-order valence-corrected chi connectivity index (χ3v) is 3.85. The van der Waals surface area contributed by atoms with E-state index < -0.39 is 11.1 Å². The molecule has 25 heavy (non-hydrogen) atoms. The average molecular weight is 358 g/mol. The van der Waals surface area contributed by atoms with Crippen LogP contribution in [-0.2, 0) is 16.0 Å². The summed E-state index contributed by atoms with van der Waals surface area (Å²) < 4.78 is 5.61. The van der Waals surface area contributed by atoms with Crippen LogP contribution in [0.25, 0.3) is 0 Å². The van der Waals surface area contributed by atoms with E-state index >= 15 is 0 Å². The lowest BCUT2D eigenvalue weighted by Crippen LogP contribution is -2.41. The third-order valence-electron chi connectivity index (χ3n) is 3.60. The van der Waals surface area contributed by atoms with Crippen molar-refractivity contribution in [3.63, 3.8) is 0 Å². The van der Waals surface area contributed by atoms with Gasteiger partial charge in [-0.25, -0.2) is 4.79 Å². The maximum Gasteiger partial charge on any atom is 0.334 e. The number of aliphatic imine (C=N–C) groups is 1. The molecule has 2 aromatic rings. The van der Waals surface area contributed by atoms with Gasteiger partial charge in [-0.2, -0.15) is 0 Å². The fourth-order valence-electron chi connectivity index (χ4n) is 2.32. The first-order valence-corrected chi connectivity index (χ1v) is 8.64. The van der Waals surface area contributed by atoms with E-state index in [4.69, 9.17) is 16.3 Å². The molecule has 0 unspecified atom stereocenters. The molecule has 1 atom stereocenters. The Labute approximate surface area is 154 Å². The highest BCUT2D eigenvalue weighted by molar-refractivity contribution is 6.30. The Morgan fingerprint density at radius 1 is 1.04 bits per heavy atom. The molecule has 0 amide bonds. The molecule has 2 aromatic carbocycles. The van der Waals surface area contributed by atoms with Crippen molar-refractivity contribution in [1.82, 2.24) is 0 Å². The molecule has 0 aliphatic heterocycles. The van der Waals surface area contributed by atoms with Crippen molar-refractivity contribution in [1.29, 1.82) is 0 Å². The van der Waals surface area contributed by atoms with Gasteiger partial charge in [0.15, 0.2) is 5.54 Å². The van der Waals surface area contributed by atoms with Crippen LogP contribution < -0.4 is 0 Å². The Kier molecular flexibility index (Phi) is 6.02. The van der Waals surface area contributed by atoms with Gasteiger partial charge >= 0.3 is 5.97 Å². The zero-order valence-electron chi connectivity index (χ0n) is 15.1. The molecule has 132 valence electrons. The van der Waals surface area contributed by atoms with Gasteiger partial charge in [-0.3, -0.25) is 4.99 Å². The van der Waals surface area contributed by atoms with Crippen molar-refractivity contribution in [2.24, 2.45) is 4.99 Å². The quantitative estimate of drug-likeness (QED) is 0.551. The minimum Gasteiger partial charge on any atom is -0.458 e. The average Bonchev–Trinajstić information content (AvgIpc) is 2.54. The SMILES string of the molecule is CC(C)(C)OC(=O)[C@](C)(Cc1ccccc1)N=Cc1ccc(Cl)cc1. The highest BCUT2D eigenvalue weighted by Gasteiger charge is 2.36. The molecule has 0 radical (unpaired) electrons. The minimum absolute atomic E-state index is 0.339. The van der Waals surface area contributed by atoms with Crippen LogP contribution in [0.5, 0.6) is 0 Å². The molecule has 0 aliphatic carbocycles. The van der Waals surface area contributed by atoms with Gasteiger partial charge in [-0.05, 0) is 51.0 Å². The van der Waals surface area contributed by atoms with Gasteiger partial charge in [0, 0.05) is 17.7 Å². The van der Waals surface area contributed by atoms with E-state index in [0.29, 0.717) is 11.4 Å². The zero-order chi connectivity index (χ0) is 18.5. The van der Waals surface area contributed by atoms with Gasteiger partial charge < -0.3 is 4.74 Å². The maximum atomic E-state index is 12.8. The summed E-state index contributed by atoms with van der Waals surface area (Å²) >= 11 is 5.91. The van der Waals surface area contributed by atoms with Crippen molar-refractivity contribution >= 4 is 23.8 Å². The smallest absolute Gasteiger partial charge is 0.334 e. The van der Waals surface area contributed by atoms with Crippen LogP contribution in [0.4, 0.5) is 0 Å². The molecule has 3 nitrogen and oxygen atoms in total. The summed E-state index contributed by atoms with van der Waals surface area (Å²) in [5.74, 6) is -0.339. The van der Waals surface area contributed by atoms with Crippen LogP contribution in [0.15, 0.2) is 59.6 Å². The number of nitrogens with zero attached hydrogens (tertiary/aromatic N) is 1. The van der Waals surface area contributed by atoms with Gasteiger partial charge in [0.25, 0.3) is 0 Å². The second kappa shape index (κ2) is 7.83. The number of esters is 1. The van der Waals surface area contributed by atoms with Gasteiger partial charge in [0.05, 0.1) is 0 Å². The Bertz CT molecular complexity index is 733. The lowest BCUT2D eigenvalue weighted by Gasteiger charge is -2.28. The van der Waals surface area contributed by atoms with E-state index in [9.17, 15) is 4.79 Å². The number of benzene rings is 2. The first kappa shape index (κ1) is 19.2. The minimum atomic E-state index is -1.01. The van der Waals surface area contributed by atoms with Crippen molar-refractivity contribution in [2.75, 3.05) is 0 Å². The molecule has 0 aliphatic rings. The summed E-state index contributed by atoms with van der Waals surface area (Å²) in [5, 5.41) is 0.663. The van der Waals surface area contributed by atoms with Gasteiger partial charge in [-0.1, -0.05) is 54.1 Å². The van der Waals surface area contributed by atoms with E-state index in [0.717, 1.165) is 11.1 Å². The van der Waals surface area contributed by atoms with Crippen LogP contribution in [0.2, 0.25) is 5.02 Å². The molecule has 0 spiro atoms. The van der Waals surface area contributed by atoms with Crippen molar-refractivity contribution in [3.8, 4) is 0 Å². The summed E-state index contributed by atoms with van der Waals surface area (Å²) in [6, 6.07) is 17.2. The van der Waals surface area contributed by atoms with E-state index in [1.807, 2.05) is 63.2 Å². The Balaban J connectivity index is 2.30. The van der Waals surface area contributed by atoms with Gasteiger partial charge in [0.2, 0.25) is 0 Å². The van der Waals surface area contributed by atoms with E-state index in [-0.39, 0.29) is 5.97 Å². The third kappa shape index (κ3) is 6.02. The van der Waals surface area contributed by atoms with Crippen molar-refractivity contribution < 1.29 is 9.53 Å². The summed E-state index contributed by atoms with van der Waals surface area (Å²) in [5.41, 5.74) is 0.343. The number of rotatable bonds is 5. The number of halogens is 1. The Hall–Kier alpha value is -2.13. The number of hydrogen-bond donors (Lipinski definition) is 0. The summed E-state index contributed by atoms with van der Waals surface area (Å²) in [4.78, 5) is 17.4. The number of carbonyl (C=O) groups excluding carboxylic acids is 1. The molecule has 0 saturated heterocycles. The fourth-order valence-corrected chi connectivity index (χ4v) is 2.44. The Morgan fingerprint density at radius 2 is 1.64 bits per heavy atom. The monoisotopic (exact) mass is 357 g/mol. The van der Waals surface area contributed by atoms with Crippen LogP contribution >= 0.6 is 11.6 Å². The number of ether oxygens (including phenoxy) is 1. The lowest BCUT2D eigenvalue weighted by atomic mass is 9.93. The fraction of sp³-hybridized carbons (Fsp3) is 0.333. The first-order valence-electron chi connectivity index (χ1n) is 8.26. The van der Waals surface area contributed by atoms with Crippen LogP contribution in [0.1, 0.15) is 38.8 Å². The molecule has 0 heterocycles. The molecule has 0 fully saturated rings. The molecular formula is C21H24ClNO2. The van der Waals surface area contributed by atoms with E-state index in [2.05, 4.69) is 4.99 Å². The predicted octanol–water partition coefficient (Wildman–Crippen LogP) is 5.10. The predicted molar refractivity (Wildman–Crippen MR) is 103 cm³/mol. The largest absolute Gasteiger partial charge is 0.458 e. The Morgan fingerprint density at radius 3 is 2.20 bits per heavy atom. The van der Waals surface area contributed by atoms with E-state index in [1.165, 1.54) is 0 Å². The van der Waals surface area contributed by atoms with Crippen LogP contribution in [0.3, 0.4) is 0 Å². The van der Waals surface area contributed by atoms with Gasteiger partial charge in [0.1, 0.15) is 5.60 Å². The highest BCUT2D eigenvalue weighted by Crippen LogP contribution is 2.23. The zero-order valence-corrected chi connectivity index (χ0v) is 15.9. The molecule has 0 N–H and O–H groups in total. The molecule has 0 saturated carbocycles. The summed E-state index contributed by atoms with van der Waals surface area (Å²) in [6.45, 7) is 7.38. The second-order valence-electron chi connectivity index (χ2n) is 7.25. The number of carbonyl (C=O) groups is 1. The van der Waals surface area contributed by atoms with Crippen LogP contribution in [-0.4, -0.2) is 23.3 Å². The molecule has 4 heteroatoms. The van der Waals surface area contributed by atoms with Crippen LogP contribution in [0, 0.1) is 0 Å². The van der Waals surface area contributed by atoms with Crippen molar-refractivity contribution in [3.05, 3.63) is 70.7 Å². The topological polar surface area (TPSA) is 38.7 Å². The first-order chi connectivity index (χ1) is 11.7. The van der Waals surface area contributed by atoms with Crippen molar-refractivity contribution in [2.45, 2.75) is 45.3 Å². The van der Waals surface area contributed by atoms with Gasteiger partial charge in [-0.15, -0.1) is 0 Å². The normalized spacial score (nSPS) is 14.3. The molecular weight excluding hydrogens is 334 g/mol. The summed E-state index contributed by atoms with van der Waals surface area (Å²) in [7, 11) is 0. The van der Waals surface area contributed by atoms with E-state index in [1.54, 1.807) is 25.3 Å². The maximum absolute atomic E-state index is 12.8. The number of hydrogen-bond acceptors (Lipinski definition) is 3. The summed E-state index contributed by atoms with van der Waals surface area (Å²) in [6.07, 6.45) is 2.16. The lowest BCUT2D eigenvalue weighted by molar-refractivity contribution is -0.160.